The van der Waals surface area contributed by atoms with Gasteiger partial charge in [-0.3, -0.25) is 4.79 Å². The second-order valence-corrected chi connectivity index (χ2v) is 11.4. The first kappa shape index (κ1) is 29.6. The van der Waals surface area contributed by atoms with E-state index in [0.29, 0.717) is 46.7 Å². The van der Waals surface area contributed by atoms with Gasteiger partial charge in [0.25, 0.3) is 0 Å². The Morgan fingerprint density at radius 1 is 1.10 bits per heavy atom. The third-order valence-electron chi connectivity index (χ3n) is 7.26. The molecule has 0 saturated heterocycles. The number of halogens is 4. The highest BCUT2D eigenvalue weighted by atomic mass is 35.5. The molecule has 1 N–H and O–H groups in total. The lowest BCUT2D eigenvalue weighted by atomic mass is 9.91. The number of hydrogen-bond acceptors (Lipinski definition) is 5. The second-order valence-electron chi connectivity index (χ2n) is 11.0. The molecule has 1 heterocycles. The Labute approximate surface area is 237 Å². The number of amidine groups is 1. The maximum atomic E-state index is 13.2. The van der Waals surface area contributed by atoms with Crippen molar-refractivity contribution in [1.29, 1.82) is 0 Å². The maximum Gasteiger partial charge on any atom is 0.402 e. The van der Waals surface area contributed by atoms with Crippen LogP contribution in [-0.4, -0.2) is 37.5 Å². The molecule has 0 unspecified atom stereocenters. The number of ether oxygens (including phenoxy) is 2. The van der Waals surface area contributed by atoms with E-state index in [-0.39, 0.29) is 12.6 Å². The molecule has 1 amide bonds. The number of nitrogens with one attached hydrogen (secondary N) is 1. The summed E-state index contributed by atoms with van der Waals surface area (Å²) in [5.41, 5.74) is 1.19. The Kier molecular flexibility index (Phi) is 8.63. The van der Waals surface area contributed by atoms with Crippen LogP contribution in [0.3, 0.4) is 0 Å². The Morgan fingerprint density at radius 3 is 2.42 bits per heavy atom. The lowest BCUT2D eigenvalue weighted by molar-refractivity contribution is -0.211. The Bertz CT molecular complexity index is 1340. The summed E-state index contributed by atoms with van der Waals surface area (Å²) in [6.45, 7) is 4.53. The number of aliphatic imine (C=N–C) groups is 2. The third kappa shape index (κ3) is 7.05. The molecule has 6 nitrogen and oxygen atoms in total. The Balaban J connectivity index is 1.50. The van der Waals surface area contributed by atoms with Crippen LogP contribution in [0.15, 0.2) is 58.5 Å². The van der Waals surface area contributed by atoms with Crippen LogP contribution in [0, 0.1) is 10.8 Å². The van der Waals surface area contributed by atoms with E-state index < -0.39 is 17.5 Å². The Morgan fingerprint density at radius 2 is 1.80 bits per heavy atom. The second kappa shape index (κ2) is 11.6. The number of benzene rings is 2. The van der Waals surface area contributed by atoms with E-state index in [1.54, 1.807) is 18.2 Å². The average Bonchev–Trinajstić information content (AvgIpc) is 3.64. The van der Waals surface area contributed by atoms with Crippen molar-refractivity contribution >= 4 is 34.9 Å². The van der Waals surface area contributed by atoms with E-state index in [1.807, 2.05) is 30.3 Å². The molecule has 4 rings (SSSR count). The number of rotatable bonds is 8. The molecule has 0 radical (unpaired) electrons. The maximum absolute atomic E-state index is 13.2. The quantitative estimate of drug-likeness (QED) is 0.358. The number of amides is 1. The van der Waals surface area contributed by atoms with Crippen LogP contribution in [0.4, 0.5) is 13.2 Å². The van der Waals surface area contributed by atoms with Crippen molar-refractivity contribution in [2.24, 2.45) is 20.8 Å². The van der Waals surface area contributed by atoms with Crippen LogP contribution in [0.5, 0.6) is 5.75 Å². The summed E-state index contributed by atoms with van der Waals surface area (Å²) >= 11 is 6.47. The highest BCUT2D eigenvalue weighted by Crippen LogP contribution is 2.45. The predicted molar refractivity (Wildman–Crippen MR) is 151 cm³/mol. The topological polar surface area (TPSA) is 72.3 Å². The van der Waals surface area contributed by atoms with Gasteiger partial charge in [0.15, 0.2) is 0 Å². The fraction of sp³-hybridized carbons (Fsp3) is 0.433. The van der Waals surface area contributed by atoms with Crippen molar-refractivity contribution in [1.82, 2.24) is 5.32 Å². The van der Waals surface area contributed by atoms with Crippen LogP contribution in [0.25, 0.3) is 5.70 Å². The molecular formula is C30H33ClF3N3O3. The zero-order valence-corrected chi connectivity index (χ0v) is 23.7. The molecule has 1 aliphatic heterocycles. The molecule has 0 spiro atoms. The zero-order chi connectivity index (χ0) is 29.1. The Hall–Kier alpha value is -3.33. The SMILES string of the molecule is COC1=NC(c2cc(CNC(=O)C(C)(C)C(F)(F)F)ccc2Cl)=CCCC(c2ccc(OCC3(C)CC3)cc2)=N1. The van der Waals surface area contributed by atoms with Gasteiger partial charge in [0, 0.05) is 22.5 Å². The van der Waals surface area contributed by atoms with Gasteiger partial charge in [0.2, 0.25) is 5.91 Å². The highest BCUT2D eigenvalue weighted by molar-refractivity contribution is 6.32. The zero-order valence-electron chi connectivity index (χ0n) is 23.0. The van der Waals surface area contributed by atoms with Gasteiger partial charge in [-0.2, -0.15) is 23.2 Å². The average molecular weight is 576 g/mol. The number of carbonyl (C=O) groups excluding carboxylic acids is 1. The molecule has 1 fully saturated rings. The summed E-state index contributed by atoms with van der Waals surface area (Å²) in [6.07, 6.45) is 0.872. The fourth-order valence-electron chi connectivity index (χ4n) is 3.93. The number of hydrogen-bond donors (Lipinski definition) is 1. The number of allylic oxidation sites excluding steroid dienone is 1. The van der Waals surface area contributed by atoms with E-state index in [9.17, 15) is 18.0 Å². The molecule has 2 aromatic carbocycles. The van der Waals surface area contributed by atoms with Crippen LogP contribution >= 0.6 is 11.6 Å². The van der Waals surface area contributed by atoms with Crippen molar-refractivity contribution in [2.75, 3.05) is 13.7 Å². The summed E-state index contributed by atoms with van der Waals surface area (Å²) in [7, 11) is 1.48. The smallest absolute Gasteiger partial charge is 0.402 e. The first-order valence-electron chi connectivity index (χ1n) is 13.1. The molecule has 40 heavy (non-hydrogen) atoms. The molecule has 10 heteroatoms. The lowest BCUT2D eigenvalue weighted by Crippen LogP contribution is -2.46. The molecule has 2 aromatic rings. The van der Waals surface area contributed by atoms with Gasteiger partial charge >= 0.3 is 12.2 Å². The van der Waals surface area contributed by atoms with E-state index in [1.165, 1.54) is 20.0 Å². The summed E-state index contributed by atoms with van der Waals surface area (Å²) in [6, 6.07) is 12.9. The van der Waals surface area contributed by atoms with Gasteiger partial charge < -0.3 is 14.8 Å². The molecule has 1 saturated carbocycles. The minimum absolute atomic E-state index is 0.0993. The summed E-state index contributed by atoms with van der Waals surface area (Å²) in [5, 5.41) is 2.77. The molecule has 2 aliphatic rings. The summed E-state index contributed by atoms with van der Waals surface area (Å²) in [5.74, 6) is -0.293. The largest absolute Gasteiger partial charge is 0.493 e. The highest BCUT2D eigenvalue weighted by Gasteiger charge is 2.52. The van der Waals surface area contributed by atoms with Crippen molar-refractivity contribution in [3.63, 3.8) is 0 Å². The monoisotopic (exact) mass is 575 g/mol. The van der Waals surface area contributed by atoms with Crippen molar-refractivity contribution < 1.29 is 27.4 Å². The minimum Gasteiger partial charge on any atom is -0.493 e. The minimum atomic E-state index is -4.67. The van der Waals surface area contributed by atoms with Gasteiger partial charge in [-0.1, -0.05) is 30.7 Å². The van der Waals surface area contributed by atoms with Gasteiger partial charge in [-0.25, -0.2) is 0 Å². The van der Waals surface area contributed by atoms with E-state index >= 15 is 0 Å². The van der Waals surface area contributed by atoms with Gasteiger partial charge in [0.05, 0.1) is 25.1 Å². The third-order valence-corrected chi connectivity index (χ3v) is 7.59. The van der Waals surface area contributed by atoms with Gasteiger partial charge in [-0.15, -0.1) is 0 Å². The van der Waals surface area contributed by atoms with Crippen molar-refractivity contribution in [3.8, 4) is 5.75 Å². The van der Waals surface area contributed by atoms with Gasteiger partial charge in [0.1, 0.15) is 11.2 Å². The number of methoxy groups -OCH3 is 1. The number of carbonyl (C=O) groups is 1. The summed E-state index contributed by atoms with van der Waals surface area (Å²) in [4.78, 5) is 21.4. The molecular weight excluding hydrogens is 543 g/mol. The van der Waals surface area contributed by atoms with Crippen molar-refractivity contribution in [3.05, 3.63) is 70.3 Å². The van der Waals surface area contributed by atoms with Crippen molar-refractivity contribution in [2.45, 2.75) is 59.2 Å². The number of nitrogens with zero attached hydrogens (tertiary/aromatic N) is 2. The van der Waals surface area contributed by atoms with E-state index in [4.69, 9.17) is 21.1 Å². The van der Waals surface area contributed by atoms with E-state index in [0.717, 1.165) is 30.9 Å². The van der Waals surface area contributed by atoms with E-state index in [2.05, 4.69) is 22.2 Å². The van der Waals surface area contributed by atoms with Crippen LogP contribution in [0.1, 0.15) is 63.1 Å². The molecule has 1 aliphatic carbocycles. The molecule has 0 bridgehead atoms. The molecule has 214 valence electrons. The molecule has 0 atom stereocenters. The van der Waals surface area contributed by atoms with Crippen LogP contribution in [-0.2, 0) is 16.1 Å². The predicted octanol–water partition coefficient (Wildman–Crippen LogP) is 7.35. The normalized spacial score (nSPS) is 17.1. The fourth-order valence-corrected chi connectivity index (χ4v) is 4.14. The first-order chi connectivity index (χ1) is 18.8. The van der Waals surface area contributed by atoms with Crippen LogP contribution in [0.2, 0.25) is 5.02 Å². The lowest BCUT2D eigenvalue weighted by Gasteiger charge is -2.26. The molecule has 0 aromatic heterocycles. The number of alkyl halides is 3. The standard InChI is InChI=1S/C30H33ClF3N3O3/c1-28(2,30(32,33)34)26(38)35-17-19-8-13-23(31)22(16-19)25-7-5-6-24(36-27(37-25)39-4)20-9-11-21(12-10-20)40-18-29(3)14-15-29/h7-13,16H,5-6,14-15,17-18H2,1-4H3,(H,35,38). The van der Waals surface area contributed by atoms with Gasteiger partial charge in [-0.05, 0) is 87.1 Å². The first-order valence-corrected chi connectivity index (χ1v) is 13.5. The van der Waals surface area contributed by atoms with Crippen LogP contribution < -0.4 is 10.1 Å². The summed E-state index contributed by atoms with van der Waals surface area (Å²) < 4.78 is 51.0.